The number of ketones is 5. The van der Waals surface area contributed by atoms with Gasteiger partial charge in [0, 0.05) is 74.2 Å². The van der Waals surface area contributed by atoms with Gasteiger partial charge in [0.05, 0.1) is 11.2 Å². The Morgan fingerprint density at radius 2 is 0.564 bits per heavy atom. The number of pyridine rings is 1. The SMILES string of the molecule is CC.CC.CC.CC.CC.CC.CC.CC.CC(C)(C)C.CC(C)(C)C(=O)c1ccc2c(c1)C=C(C(C)(C)C)C2.CC(C)(C)C(=O)c1ccc2c(c1)C=C(C(C)(C)C)C2.CC(C)(C)C(=O)c1ccc2c(c1)C=C(C(C)(C)C)C2.CC(C)(C)C(=O)c1ccc2ncccc2c1.CC(C)C.Cn1cccc1C(=O)C(C)(C)C. The summed E-state index contributed by atoms with van der Waals surface area (Å²) in [6, 6.07) is 31.7. The van der Waals surface area contributed by atoms with Crippen molar-refractivity contribution in [1.82, 2.24) is 9.55 Å². The van der Waals surface area contributed by atoms with E-state index >= 15 is 0 Å². The van der Waals surface area contributed by atoms with E-state index < -0.39 is 0 Å². The second kappa shape index (κ2) is 52.4. The molecule has 4 aromatic carbocycles. The molecule has 0 amide bonds. The maximum absolute atomic E-state index is 12.3. The highest BCUT2D eigenvalue weighted by Crippen LogP contribution is 2.40. The van der Waals surface area contributed by atoms with Crippen LogP contribution in [0.5, 0.6) is 0 Å². The van der Waals surface area contributed by atoms with E-state index in [4.69, 9.17) is 0 Å². The molecule has 0 saturated carbocycles. The number of benzene rings is 4. The smallest absolute Gasteiger partial charge is 0.184 e. The van der Waals surface area contributed by atoms with Gasteiger partial charge in [0.1, 0.15) is 0 Å². The van der Waals surface area contributed by atoms with E-state index in [1.54, 1.807) is 6.20 Å². The molecule has 0 spiro atoms. The zero-order valence-electron chi connectivity index (χ0n) is 80.8. The normalized spacial score (nSPS) is 12.1. The summed E-state index contributed by atoms with van der Waals surface area (Å²) in [5.74, 6) is 1.84. The van der Waals surface area contributed by atoms with Crippen LogP contribution in [0.15, 0.2) is 126 Å². The van der Waals surface area contributed by atoms with Crippen molar-refractivity contribution >= 4 is 58.0 Å². The number of Topliss-reactive ketones (excluding diaryl/α,β-unsaturated/α-hetero) is 5. The van der Waals surface area contributed by atoms with Gasteiger partial charge in [-0.1, -0.05) is 403 Å². The molecule has 2 heterocycles. The predicted octanol–water partition coefficient (Wildman–Crippen LogP) is 32.3. The van der Waals surface area contributed by atoms with Crippen molar-refractivity contribution in [3.63, 3.8) is 0 Å². The molecule has 2 aromatic heterocycles. The standard InChI is InChI=1S/3C18H24O.C14H15NO.C10H15NO.C5H12.C4H10.8C2H6/c3*1-17(2,3)15-10-12-7-8-13(9-14(12)11-15)16(19)18(4,5)6;1-14(2,3)13(16)11-6-7-12-10(9-11)5-4-8-15-12;1-10(2,3)9(12)8-6-5-7-11(8)4;1-5(2,3)4;1-4(2)3;8*1-2/h3*7-9,11H,10H2,1-6H3;4-9H,1-3H3;5-7H,1-4H3;1-4H3;4H,1-3H3;8*1-2H3. The molecule has 0 saturated heterocycles. The van der Waals surface area contributed by atoms with Crippen LogP contribution < -0.4 is 0 Å². The molecule has 3 aliphatic rings. The van der Waals surface area contributed by atoms with E-state index in [1.165, 1.54) is 50.1 Å². The number of nitrogens with zero attached hydrogens (tertiary/aromatic N) is 2. The maximum Gasteiger partial charge on any atom is 0.184 e. The van der Waals surface area contributed by atoms with E-state index in [1.807, 2.05) is 293 Å². The first-order chi connectivity index (χ1) is 50.4. The molecule has 0 bridgehead atoms. The molecule has 9 rings (SSSR count). The van der Waals surface area contributed by atoms with Gasteiger partial charge in [-0.3, -0.25) is 29.0 Å². The van der Waals surface area contributed by atoms with Gasteiger partial charge in [-0.25, -0.2) is 0 Å². The Labute approximate surface area is 681 Å². The summed E-state index contributed by atoms with van der Waals surface area (Å²) < 4.78 is 1.85. The van der Waals surface area contributed by atoms with Gasteiger partial charge in [-0.2, -0.15) is 0 Å². The fourth-order valence-corrected chi connectivity index (χ4v) is 9.90. The van der Waals surface area contributed by atoms with Crippen LogP contribution in [0, 0.1) is 54.7 Å². The molecule has 7 heteroatoms. The zero-order valence-corrected chi connectivity index (χ0v) is 80.8. The third-order valence-electron chi connectivity index (χ3n) is 15.7. The molecule has 0 N–H and O–H groups in total. The lowest BCUT2D eigenvalue weighted by atomic mass is 9.85. The first-order valence-corrected chi connectivity index (χ1v) is 42.1. The number of carbonyl (C=O) groups is 5. The molecular formula is C103H172N2O5. The minimum atomic E-state index is -0.337. The van der Waals surface area contributed by atoms with Crippen LogP contribution in [-0.2, 0) is 26.3 Å². The maximum atomic E-state index is 12.3. The molecule has 3 aliphatic carbocycles. The number of allylic oxidation sites excluding steroid dienone is 3. The van der Waals surface area contributed by atoms with Gasteiger partial charge < -0.3 is 4.57 Å². The first kappa shape index (κ1) is 114. The number of rotatable bonds is 5. The molecule has 7 nitrogen and oxygen atoms in total. The van der Waals surface area contributed by atoms with Gasteiger partial charge in [0.25, 0.3) is 0 Å². The van der Waals surface area contributed by atoms with E-state index in [0.717, 1.165) is 64.0 Å². The minimum absolute atomic E-state index is 0.165. The Kier molecular flexibility index (Phi) is 54.4. The Hall–Kier alpha value is -6.86. The number of aryl methyl sites for hydroxylation is 1. The lowest BCUT2D eigenvalue weighted by molar-refractivity contribution is 0.0845. The Morgan fingerprint density at radius 1 is 0.327 bits per heavy atom. The van der Waals surface area contributed by atoms with Crippen LogP contribution in [0.3, 0.4) is 0 Å². The van der Waals surface area contributed by atoms with Gasteiger partial charge in [-0.05, 0) is 135 Å². The Balaban J connectivity index is -0.000000287. The fraction of sp³-hybridized carbons (Fsp3) is 0.592. The van der Waals surface area contributed by atoms with Crippen LogP contribution in [-0.4, -0.2) is 38.5 Å². The highest BCUT2D eigenvalue weighted by Gasteiger charge is 2.31. The van der Waals surface area contributed by atoms with Gasteiger partial charge in [-0.15, -0.1) is 0 Å². The van der Waals surface area contributed by atoms with Crippen molar-refractivity contribution in [1.29, 1.82) is 0 Å². The fourth-order valence-electron chi connectivity index (χ4n) is 9.90. The third kappa shape index (κ3) is 42.7. The van der Waals surface area contributed by atoms with Crippen LogP contribution in [0.4, 0.5) is 0 Å². The lowest BCUT2D eigenvalue weighted by Crippen LogP contribution is -2.22. The first-order valence-electron chi connectivity index (χ1n) is 42.1. The second-order valence-corrected chi connectivity index (χ2v) is 36.6. The number of fused-ring (bicyclic) bond motifs is 4. The topological polar surface area (TPSA) is 103 Å². The molecule has 0 radical (unpaired) electrons. The summed E-state index contributed by atoms with van der Waals surface area (Å²) in [6.07, 6.45) is 13.5. The number of aromatic nitrogens is 2. The molecule has 624 valence electrons. The molecular weight excluding hydrogens is 1350 g/mol. The Bertz CT molecular complexity index is 3470. The van der Waals surface area contributed by atoms with Crippen molar-refractivity contribution in [2.75, 3.05) is 0 Å². The van der Waals surface area contributed by atoms with Crippen LogP contribution in [0.25, 0.3) is 29.1 Å². The van der Waals surface area contributed by atoms with E-state index in [9.17, 15) is 24.0 Å². The van der Waals surface area contributed by atoms with E-state index in [2.05, 4.69) is 170 Å². The monoisotopic (exact) mass is 1520 g/mol. The quantitative estimate of drug-likeness (QED) is 0.159. The van der Waals surface area contributed by atoms with Crippen LogP contribution in [0.1, 0.15) is 411 Å². The van der Waals surface area contributed by atoms with Crippen LogP contribution in [0.2, 0.25) is 0 Å². The van der Waals surface area contributed by atoms with Crippen molar-refractivity contribution in [2.24, 2.45) is 61.7 Å². The van der Waals surface area contributed by atoms with Crippen molar-refractivity contribution in [3.05, 3.63) is 188 Å². The van der Waals surface area contributed by atoms with Crippen LogP contribution >= 0.6 is 0 Å². The number of hydrogen-bond donors (Lipinski definition) is 0. The van der Waals surface area contributed by atoms with Gasteiger partial charge >= 0.3 is 0 Å². The third-order valence-corrected chi connectivity index (χ3v) is 15.7. The van der Waals surface area contributed by atoms with Gasteiger partial charge in [0.15, 0.2) is 28.9 Å². The molecule has 0 fully saturated rings. The zero-order chi connectivity index (χ0) is 88.5. The number of hydrogen-bond acceptors (Lipinski definition) is 6. The van der Waals surface area contributed by atoms with Crippen molar-refractivity contribution in [2.45, 2.75) is 345 Å². The molecule has 0 aliphatic heterocycles. The summed E-state index contributed by atoms with van der Waals surface area (Å²) in [5.41, 5.74) is 16.5. The predicted molar refractivity (Wildman–Crippen MR) is 495 cm³/mol. The average Bonchev–Trinajstić information content (AvgIpc) is 1.52. The van der Waals surface area contributed by atoms with E-state index in [0.29, 0.717) is 5.41 Å². The summed E-state index contributed by atoms with van der Waals surface area (Å²) in [7, 11) is 1.89. The Morgan fingerprint density at radius 3 is 0.782 bits per heavy atom. The van der Waals surface area contributed by atoms with Crippen molar-refractivity contribution < 1.29 is 24.0 Å². The highest BCUT2D eigenvalue weighted by molar-refractivity contribution is 6.03. The summed E-state index contributed by atoms with van der Waals surface area (Å²) in [5, 5.41) is 1.01. The van der Waals surface area contributed by atoms with Crippen molar-refractivity contribution in [3.8, 4) is 0 Å². The minimum Gasteiger partial charge on any atom is -0.348 e. The summed E-state index contributed by atoms with van der Waals surface area (Å²) in [4.78, 5) is 65.0. The second-order valence-electron chi connectivity index (χ2n) is 36.6. The largest absolute Gasteiger partial charge is 0.348 e. The lowest BCUT2D eigenvalue weighted by Gasteiger charge is -2.20. The average molecular weight is 1520 g/mol. The van der Waals surface area contributed by atoms with E-state index in [-0.39, 0.29) is 72.2 Å². The molecule has 0 atom stereocenters. The number of carbonyl (C=O) groups excluding carboxylic acids is 5. The summed E-state index contributed by atoms with van der Waals surface area (Å²) in [6.45, 7) is 96.8. The molecule has 0 unspecified atom stereocenters. The van der Waals surface area contributed by atoms with Gasteiger partial charge in [0.2, 0.25) is 0 Å². The summed E-state index contributed by atoms with van der Waals surface area (Å²) >= 11 is 0. The molecule has 6 aromatic rings. The highest BCUT2D eigenvalue weighted by atomic mass is 16.1. The molecule has 110 heavy (non-hydrogen) atoms.